The third-order valence-electron chi connectivity index (χ3n) is 1.06. The highest BCUT2D eigenvalue weighted by Gasteiger charge is 2.07. The van der Waals surface area contributed by atoms with Crippen LogP contribution >= 0.6 is 0 Å². The fourth-order valence-electron chi connectivity index (χ4n) is 0.597. The molecule has 1 aliphatic heterocycles. The summed E-state index contributed by atoms with van der Waals surface area (Å²) in [6.45, 7) is 1.58. The van der Waals surface area contributed by atoms with Crippen molar-refractivity contribution >= 4 is 0 Å². The summed E-state index contributed by atoms with van der Waals surface area (Å²) in [5, 5.41) is 0. The highest BCUT2D eigenvalue weighted by atomic mass is 16.6. The van der Waals surface area contributed by atoms with E-state index in [1.165, 1.54) is 0 Å². The van der Waals surface area contributed by atoms with Crippen molar-refractivity contribution in [3.8, 4) is 0 Å². The van der Waals surface area contributed by atoms with Crippen molar-refractivity contribution < 1.29 is 9.47 Å². The summed E-state index contributed by atoms with van der Waals surface area (Å²) in [5.41, 5.74) is 10.4. The minimum absolute atomic E-state index is 0.217. The molecule has 0 aromatic rings. The average molecular weight is 130 g/mol. The number of hydrogen-bond donors (Lipinski definition) is 2. The molecule has 1 saturated heterocycles. The molecule has 0 unspecified atom stereocenters. The van der Waals surface area contributed by atoms with E-state index in [0.29, 0.717) is 25.6 Å². The largest absolute Gasteiger partial charge is 0.489 e. The van der Waals surface area contributed by atoms with E-state index in [1.807, 2.05) is 0 Å². The molecule has 0 aromatic heterocycles. The molecule has 0 bridgehead atoms. The van der Waals surface area contributed by atoms with Gasteiger partial charge in [0.15, 0.2) is 5.76 Å². The summed E-state index contributed by atoms with van der Waals surface area (Å²) >= 11 is 0. The highest BCUT2D eigenvalue weighted by Crippen LogP contribution is 2.03. The average Bonchev–Trinajstić information content (AvgIpc) is 1.90. The summed E-state index contributed by atoms with van der Waals surface area (Å²) in [4.78, 5) is 0. The summed E-state index contributed by atoms with van der Waals surface area (Å²) < 4.78 is 10.0. The van der Waals surface area contributed by atoms with Gasteiger partial charge in [-0.2, -0.15) is 0 Å². The van der Waals surface area contributed by atoms with Crippen LogP contribution in [0.5, 0.6) is 0 Å². The first-order valence-corrected chi connectivity index (χ1v) is 2.75. The van der Waals surface area contributed by atoms with E-state index in [0.717, 1.165) is 0 Å². The number of rotatable bonds is 0. The molecule has 0 saturated carbocycles. The maximum atomic E-state index is 5.22. The molecule has 1 rings (SSSR count). The molecule has 0 aliphatic carbocycles. The predicted octanol–water partition coefficient (Wildman–Crippen LogP) is -0.880. The molecule has 1 aliphatic rings. The van der Waals surface area contributed by atoms with Crippen LogP contribution in [0.1, 0.15) is 0 Å². The Morgan fingerprint density at radius 2 is 2.11 bits per heavy atom. The van der Waals surface area contributed by atoms with Crippen LogP contribution in [0.4, 0.5) is 0 Å². The van der Waals surface area contributed by atoms with Gasteiger partial charge in [-0.05, 0) is 0 Å². The molecule has 0 amide bonds. The zero-order valence-corrected chi connectivity index (χ0v) is 5.09. The summed E-state index contributed by atoms with van der Waals surface area (Å²) in [7, 11) is 0. The second kappa shape index (κ2) is 2.59. The molecule has 52 valence electrons. The van der Waals surface area contributed by atoms with Gasteiger partial charge in [0.1, 0.15) is 19.0 Å². The van der Waals surface area contributed by atoms with E-state index < -0.39 is 0 Å². The molecule has 9 heavy (non-hydrogen) atoms. The minimum Gasteiger partial charge on any atom is -0.489 e. The third kappa shape index (κ3) is 1.50. The van der Waals surface area contributed by atoms with E-state index in [4.69, 9.17) is 20.9 Å². The molecular weight excluding hydrogens is 120 g/mol. The first-order chi connectivity index (χ1) is 4.30. The molecule has 0 atom stereocenters. The topological polar surface area (TPSA) is 70.5 Å². The SMILES string of the molecule is NC(N)=C1COCCO1. The molecule has 0 spiro atoms. The number of ether oxygens (including phenoxy) is 2. The van der Waals surface area contributed by atoms with Gasteiger partial charge < -0.3 is 20.9 Å². The Kier molecular flexibility index (Phi) is 1.79. The lowest BCUT2D eigenvalue weighted by Crippen LogP contribution is -2.23. The Morgan fingerprint density at radius 1 is 1.33 bits per heavy atom. The first-order valence-electron chi connectivity index (χ1n) is 2.75. The van der Waals surface area contributed by atoms with Crippen LogP contribution in [0.3, 0.4) is 0 Å². The van der Waals surface area contributed by atoms with Gasteiger partial charge in [0, 0.05) is 0 Å². The lowest BCUT2D eigenvalue weighted by molar-refractivity contribution is 0.0113. The molecule has 4 nitrogen and oxygen atoms in total. The van der Waals surface area contributed by atoms with Gasteiger partial charge in [-0.25, -0.2) is 0 Å². The smallest absolute Gasteiger partial charge is 0.161 e. The number of hydrogen-bond acceptors (Lipinski definition) is 4. The summed E-state index contributed by atoms with van der Waals surface area (Å²) in [5.74, 6) is 0.774. The van der Waals surface area contributed by atoms with Crippen LogP contribution in [-0.4, -0.2) is 19.8 Å². The molecule has 0 aromatic carbocycles. The number of nitrogens with two attached hydrogens (primary N) is 2. The van der Waals surface area contributed by atoms with Crippen LogP contribution in [0.25, 0.3) is 0 Å². The van der Waals surface area contributed by atoms with Crippen LogP contribution in [0.15, 0.2) is 11.6 Å². The third-order valence-corrected chi connectivity index (χ3v) is 1.06. The minimum atomic E-state index is 0.217. The maximum absolute atomic E-state index is 5.22. The van der Waals surface area contributed by atoms with Crippen molar-refractivity contribution in [1.82, 2.24) is 0 Å². The van der Waals surface area contributed by atoms with Gasteiger partial charge in [0.05, 0.1) is 6.61 Å². The molecule has 1 heterocycles. The molecule has 0 radical (unpaired) electrons. The lowest BCUT2D eigenvalue weighted by atomic mass is 10.5. The van der Waals surface area contributed by atoms with Crippen molar-refractivity contribution in [1.29, 1.82) is 0 Å². The van der Waals surface area contributed by atoms with Gasteiger partial charge in [0.2, 0.25) is 0 Å². The van der Waals surface area contributed by atoms with Crippen LogP contribution in [0.2, 0.25) is 0 Å². The van der Waals surface area contributed by atoms with Gasteiger partial charge in [-0.15, -0.1) is 0 Å². The Morgan fingerprint density at radius 3 is 2.44 bits per heavy atom. The Labute approximate surface area is 53.4 Å². The van der Waals surface area contributed by atoms with Crippen molar-refractivity contribution in [3.63, 3.8) is 0 Å². The molecule has 4 N–H and O–H groups in total. The maximum Gasteiger partial charge on any atom is 0.161 e. The van der Waals surface area contributed by atoms with E-state index in [9.17, 15) is 0 Å². The van der Waals surface area contributed by atoms with Crippen molar-refractivity contribution in [2.45, 2.75) is 0 Å². The highest BCUT2D eigenvalue weighted by molar-refractivity contribution is 5.01. The standard InChI is InChI=1S/C5H10N2O2/c6-5(7)4-3-8-1-2-9-4/h1-3,6-7H2. The lowest BCUT2D eigenvalue weighted by Gasteiger charge is -2.16. The zero-order valence-electron chi connectivity index (χ0n) is 5.09. The van der Waals surface area contributed by atoms with Gasteiger partial charge in [0.25, 0.3) is 0 Å². The van der Waals surface area contributed by atoms with Gasteiger partial charge >= 0.3 is 0 Å². The normalized spacial score (nSPS) is 18.9. The van der Waals surface area contributed by atoms with Crippen molar-refractivity contribution in [3.05, 3.63) is 11.6 Å². The second-order valence-electron chi connectivity index (χ2n) is 1.78. The van der Waals surface area contributed by atoms with Crippen molar-refractivity contribution in [2.24, 2.45) is 11.5 Å². The Balaban J connectivity index is 2.49. The second-order valence-corrected chi connectivity index (χ2v) is 1.78. The molecule has 1 fully saturated rings. The van der Waals surface area contributed by atoms with E-state index in [1.54, 1.807) is 0 Å². The summed E-state index contributed by atoms with van der Waals surface area (Å²) in [6, 6.07) is 0. The van der Waals surface area contributed by atoms with Crippen LogP contribution < -0.4 is 11.5 Å². The van der Waals surface area contributed by atoms with Crippen LogP contribution in [0, 0.1) is 0 Å². The molecule has 4 heteroatoms. The fraction of sp³-hybridized carbons (Fsp3) is 0.600. The van der Waals surface area contributed by atoms with E-state index in [-0.39, 0.29) is 5.82 Å². The zero-order chi connectivity index (χ0) is 6.69. The molecular formula is C5H10N2O2. The van der Waals surface area contributed by atoms with E-state index >= 15 is 0 Å². The quantitative estimate of drug-likeness (QED) is 0.446. The fourth-order valence-corrected chi connectivity index (χ4v) is 0.597. The first kappa shape index (κ1) is 6.22. The Hall–Kier alpha value is -0.900. The monoisotopic (exact) mass is 130 g/mol. The van der Waals surface area contributed by atoms with Gasteiger partial charge in [-0.1, -0.05) is 0 Å². The summed E-state index contributed by atoms with van der Waals surface area (Å²) in [6.07, 6.45) is 0. The van der Waals surface area contributed by atoms with E-state index in [2.05, 4.69) is 0 Å². The Bertz CT molecular complexity index is 121. The van der Waals surface area contributed by atoms with Crippen molar-refractivity contribution in [2.75, 3.05) is 19.8 Å². The predicted molar refractivity (Wildman–Crippen MR) is 32.2 cm³/mol. The van der Waals surface area contributed by atoms with Gasteiger partial charge in [-0.3, -0.25) is 0 Å². The van der Waals surface area contributed by atoms with Crippen LogP contribution in [-0.2, 0) is 9.47 Å².